The van der Waals surface area contributed by atoms with Crippen molar-refractivity contribution >= 4 is 5.97 Å². The standard InChI is InChI=1S/C17H23F3O2/c1-2-3-4-5-6-7-11-22-16(21)13-14-9-8-10-15(12-14)17(18,19)20/h8-10,12H,2-7,11,13H2,1H3. The minimum absolute atomic E-state index is 0.125. The van der Waals surface area contributed by atoms with Gasteiger partial charge in [-0.05, 0) is 18.1 Å². The third kappa shape index (κ3) is 7.48. The summed E-state index contributed by atoms with van der Waals surface area (Å²) < 4.78 is 42.8. The fraction of sp³-hybridized carbons (Fsp3) is 0.588. The van der Waals surface area contributed by atoms with E-state index in [1.807, 2.05) is 0 Å². The van der Waals surface area contributed by atoms with Crippen LogP contribution in [0.25, 0.3) is 0 Å². The van der Waals surface area contributed by atoms with Gasteiger partial charge in [-0.25, -0.2) is 0 Å². The van der Waals surface area contributed by atoms with Gasteiger partial charge in [-0.1, -0.05) is 57.2 Å². The van der Waals surface area contributed by atoms with Crippen LogP contribution < -0.4 is 0 Å². The highest BCUT2D eigenvalue weighted by Gasteiger charge is 2.30. The van der Waals surface area contributed by atoms with Crippen LogP contribution in [0.2, 0.25) is 0 Å². The van der Waals surface area contributed by atoms with E-state index in [4.69, 9.17) is 4.74 Å². The Balaban J connectivity index is 2.28. The first-order valence-corrected chi connectivity index (χ1v) is 7.75. The van der Waals surface area contributed by atoms with Crippen molar-refractivity contribution < 1.29 is 22.7 Å². The van der Waals surface area contributed by atoms with Crippen molar-refractivity contribution in [1.82, 2.24) is 0 Å². The van der Waals surface area contributed by atoms with Crippen molar-refractivity contribution in [1.29, 1.82) is 0 Å². The van der Waals surface area contributed by atoms with Crippen molar-refractivity contribution in [2.45, 2.75) is 58.0 Å². The summed E-state index contributed by atoms with van der Waals surface area (Å²) in [7, 11) is 0. The molecule has 0 heterocycles. The lowest BCUT2D eigenvalue weighted by atomic mass is 10.1. The molecule has 2 nitrogen and oxygen atoms in total. The molecule has 1 rings (SSSR count). The highest BCUT2D eigenvalue weighted by Crippen LogP contribution is 2.29. The van der Waals surface area contributed by atoms with E-state index >= 15 is 0 Å². The predicted octanol–water partition coefficient (Wildman–Crippen LogP) is 5.15. The van der Waals surface area contributed by atoms with Crippen LogP contribution >= 0.6 is 0 Å². The Kier molecular flexibility index (Phi) is 7.99. The zero-order valence-electron chi connectivity index (χ0n) is 12.9. The van der Waals surface area contributed by atoms with Crippen LogP contribution in [0.3, 0.4) is 0 Å². The van der Waals surface area contributed by atoms with Crippen LogP contribution in [0, 0.1) is 0 Å². The van der Waals surface area contributed by atoms with Crippen molar-refractivity contribution in [2.75, 3.05) is 6.61 Å². The number of carbonyl (C=O) groups is 1. The first kappa shape index (κ1) is 18.5. The van der Waals surface area contributed by atoms with Crippen LogP contribution in [0.4, 0.5) is 13.2 Å². The van der Waals surface area contributed by atoms with Gasteiger partial charge in [0.25, 0.3) is 0 Å². The summed E-state index contributed by atoms with van der Waals surface area (Å²) in [6.45, 7) is 2.49. The smallest absolute Gasteiger partial charge is 0.416 e. The molecule has 0 radical (unpaired) electrons. The molecule has 124 valence electrons. The van der Waals surface area contributed by atoms with Crippen LogP contribution in [0.15, 0.2) is 24.3 Å². The van der Waals surface area contributed by atoms with E-state index < -0.39 is 17.7 Å². The van der Waals surface area contributed by atoms with Gasteiger partial charge in [-0.2, -0.15) is 13.2 Å². The fourth-order valence-electron chi connectivity index (χ4n) is 2.14. The Hall–Kier alpha value is -1.52. The lowest BCUT2D eigenvalue weighted by Crippen LogP contribution is -2.11. The molecule has 0 aliphatic carbocycles. The first-order valence-electron chi connectivity index (χ1n) is 7.75. The van der Waals surface area contributed by atoms with E-state index in [-0.39, 0.29) is 6.42 Å². The SMILES string of the molecule is CCCCCCCCOC(=O)Cc1cccc(C(F)(F)F)c1. The molecule has 0 N–H and O–H groups in total. The number of hydrogen-bond donors (Lipinski definition) is 0. The van der Waals surface area contributed by atoms with Crippen LogP contribution in [-0.4, -0.2) is 12.6 Å². The minimum atomic E-state index is -4.39. The summed E-state index contributed by atoms with van der Waals surface area (Å²) in [6.07, 6.45) is 2.02. The molecule has 0 unspecified atom stereocenters. The van der Waals surface area contributed by atoms with E-state index in [1.54, 1.807) is 0 Å². The number of ether oxygens (including phenoxy) is 1. The van der Waals surface area contributed by atoms with Crippen LogP contribution in [-0.2, 0) is 22.1 Å². The second-order valence-electron chi connectivity index (χ2n) is 5.36. The van der Waals surface area contributed by atoms with E-state index in [0.717, 1.165) is 31.4 Å². The molecule has 1 aromatic rings. The summed E-state index contributed by atoms with van der Waals surface area (Å²) in [5.74, 6) is -0.479. The molecule has 22 heavy (non-hydrogen) atoms. The molecule has 0 fully saturated rings. The summed E-state index contributed by atoms with van der Waals surface area (Å²) >= 11 is 0. The van der Waals surface area contributed by atoms with Gasteiger partial charge in [0.05, 0.1) is 18.6 Å². The van der Waals surface area contributed by atoms with E-state index in [1.165, 1.54) is 31.4 Å². The number of halogens is 3. The molecule has 0 aliphatic rings. The monoisotopic (exact) mass is 316 g/mol. The third-order valence-corrected chi connectivity index (χ3v) is 3.36. The largest absolute Gasteiger partial charge is 0.465 e. The number of esters is 1. The van der Waals surface area contributed by atoms with Crippen molar-refractivity contribution in [3.63, 3.8) is 0 Å². The highest BCUT2D eigenvalue weighted by atomic mass is 19.4. The maximum Gasteiger partial charge on any atom is 0.416 e. The Morgan fingerprint density at radius 1 is 1.09 bits per heavy atom. The van der Waals surface area contributed by atoms with Gasteiger partial charge in [-0.3, -0.25) is 4.79 Å². The predicted molar refractivity (Wildman–Crippen MR) is 79.5 cm³/mol. The molecule has 1 aromatic carbocycles. The quantitative estimate of drug-likeness (QED) is 0.465. The Labute approximate surface area is 129 Å². The summed E-state index contributed by atoms with van der Waals surface area (Å²) in [5, 5.41) is 0. The summed E-state index contributed by atoms with van der Waals surface area (Å²) in [4.78, 5) is 11.6. The first-order chi connectivity index (χ1) is 10.4. The summed E-state index contributed by atoms with van der Waals surface area (Å²) in [5.41, 5.74) is -0.420. The second-order valence-corrected chi connectivity index (χ2v) is 5.36. The Morgan fingerprint density at radius 2 is 1.77 bits per heavy atom. The van der Waals surface area contributed by atoms with Crippen LogP contribution in [0.1, 0.15) is 56.6 Å². The van der Waals surface area contributed by atoms with E-state index in [9.17, 15) is 18.0 Å². The topological polar surface area (TPSA) is 26.3 Å². The van der Waals surface area contributed by atoms with Crippen molar-refractivity contribution in [3.05, 3.63) is 35.4 Å². The van der Waals surface area contributed by atoms with Gasteiger partial charge >= 0.3 is 12.1 Å². The molecule has 5 heteroatoms. The third-order valence-electron chi connectivity index (χ3n) is 3.36. The molecule has 0 atom stereocenters. The number of benzene rings is 1. The summed E-state index contributed by atoms with van der Waals surface area (Å²) in [6, 6.07) is 4.79. The average molecular weight is 316 g/mol. The van der Waals surface area contributed by atoms with Gasteiger partial charge in [0.2, 0.25) is 0 Å². The Bertz CT molecular complexity index is 455. The molecule has 0 bridgehead atoms. The van der Waals surface area contributed by atoms with E-state index in [0.29, 0.717) is 12.2 Å². The van der Waals surface area contributed by atoms with Gasteiger partial charge in [-0.15, -0.1) is 0 Å². The van der Waals surface area contributed by atoms with E-state index in [2.05, 4.69) is 6.92 Å². The average Bonchev–Trinajstić information content (AvgIpc) is 2.46. The number of rotatable bonds is 9. The number of unbranched alkanes of at least 4 members (excludes halogenated alkanes) is 5. The zero-order valence-corrected chi connectivity index (χ0v) is 12.9. The fourth-order valence-corrected chi connectivity index (χ4v) is 2.14. The number of alkyl halides is 3. The van der Waals surface area contributed by atoms with Crippen LogP contribution in [0.5, 0.6) is 0 Å². The lowest BCUT2D eigenvalue weighted by molar-refractivity contribution is -0.143. The van der Waals surface area contributed by atoms with Gasteiger partial charge < -0.3 is 4.74 Å². The number of hydrogen-bond acceptors (Lipinski definition) is 2. The second kappa shape index (κ2) is 9.49. The zero-order chi connectivity index (χ0) is 16.4. The maximum absolute atomic E-state index is 12.6. The molecule has 0 amide bonds. The molecular formula is C17H23F3O2. The molecule has 0 saturated carbocycles. The molecular weight excluding hydrogens is 293 g/mol. The van der Waals surface area contributed by atoms with Crippen molar-refractivity contribution in [3.8, 4) is 0 Å². The number of carbonyl (C=O) groups excluding carboxylic acids is 1. The molecule has 0 aliphatic heterocycles. The minimum Gasteiger partial charge on any atom is -0.465 e. The normalized spacial score (nSPS) is 11.5. The molecule has 0 saturated heterocycles. The van der Waals surface area contributed by atoms with Crippen molar-refractivity contribution in [2.24, 2.45) is 0 Å². The lowest BCUT2D eigenvalue weighted by Gasteiger charge is -2.09. The highest BCUT2D eigenvalue weighted by molar-refractivity contribution is 5.72. The Morgan fingerprint density at radius 3 is 2.45 bits per heavy atom. The molecule has 0 aromatic heterocycles. The maximum atomic E-state index is 12.6. The van der Waals surface area contributed by atoms with Gasteiger partial charge in [0.15, 0.2) is 0 Å². The molecule has 0 spiro atoms. The van der Waals surface area contributed by atoms with Gasteiger partial charge in [0.1, 0.15) is 0 Å². The van der Waals surface area contributed by atoms with Gasteiger partial charge in [0, 0.05) is 0 Å².